The first-order valence-electron chi connectivity index (χ1n) is 8.14. The number of carbonyl (C=O) groups excluding carboxylic acids is 2. The van der Waals surface area contributed by atoms with Crippen molar-refractivity contribution in [2.24, 2.45) is 0 Å². The smallest absolute Gasteiger partial charge is 0.243 e. The van der Waals surface area contributed by atoms with Crippen LogP contribution < -0.4 is 10.6 Å². The molecular weight excluding hydrogens is 364 g/mol. The van der Waals surface area contributed by atoms with Gasteiger partial charge in [0.15, 0.2) is 0 Å². The number of hydrogen-bond donors (Lipinski definition) is 2. The average Bonchev–Trinajstić information content (AvgIpc) is 3.36. The minimum atomic E-state index is -0.338. The Morgan fingerprint density at radius 3 is 2.89 bits per heavy atom. The molecule has 136 valence electrons. The van der Waals surface area contributed by atoms with Crippen molar-refractivity contribution >= 4 is 28.8 Å². The van der Waals surface area contributed by atoms with Crippen molar-refractivity contribution in [2.45, 2.75) is 12.8 Å². The van der Waals surface area contributed by atoms with Crippen LogP contribution in [0.3, 0.4) is 0 Å². The molecule has 0 saturated heterocycles. The molecule has 2 N–H and O–H groups in total. The van der Waals surface area contributed by atoms with E-state index < -0.39 is 0 Å². The van der Waals surface area contributed by atoms with Crippen molar-refractivity contribution in [2.75, 3.05) is 11.9 Å². The van der Waals surface area contributed by atoms with Crippen LogP contribution in [-0.4, -0.2) is 28.5 Å². The number of aryl methyl sites for hydroxylation is 1. The van der Waals surface area contributed by atoms with Gasteiger partial charge in [-0.25, -0.2) is 0 Å². The molecule has 0 bridgehead atoms. The Kier molecular flexibility index (Phi) is 5.97. The predicted octanol–water partition coefficient (Wildman–Crippen LogP) is 2.47. The number of hydrogen-bond acceptors (Lipinski definition) is 6. The molecule has 0 aliphatic heterocycles. The zero-order valence-electron chi connectivity index (χ0n) is 14.3. The van der Waals surface area contributed by atoms with Gasteiger partial charge in [-0.05, 0) is 29.6 Å². The Hall–Kier alpha value is -3.44. The molecule has 0 spiro atoms. The highest BCUT2D eigenvalue weighted by Crippen LogP contribution is 2.21. The summed E-state index contributed by atoms with van der Waals surface area (Å²) in [6.45, 7) is -0.136. The van der Waals surface area contributed by atoms with Gasteiger partial charge in [-0.1, -0.05) is 23.2 Å². The van der Waals surface area contributed by atoms with Crippen molar-refractivity contribution in [3.63, 3.8) is 0 Å². The average molecular weight is 380 g/mol. The topological polar surface area (TPSA) is 97.1 Å². The lowest BCUT2D eigenvalue weighted by molar-refractivity contribution is -0.124. The molecule has 2 amide bonds. The van der Waals surface area contributed by atoms with Crippen LogP contribution >= 0.6 is 11.3 Å². The summed E-state index contributed by atoms with van der Waals surface area (Å²) in [5.74, 6) is 2.76. The number of nitrogens with zero attached hydrogens (tertiary/aromatic N) is 2. The lowest BCUT2D eigenvalue weighted by Gasteiger charge is -2.07. The molecule has 0 atom stereocenters. The number of carbonyl (C=O) groups is 2. The largest absolute Gasteiger partial charge is 0.347 e. The van der Waals surface area contributed by atoms with Gasteiger partial charge in [-0.3, -0.25) is 9.59 Å². The number of aromatic nitrogens is 2. The molecule has 0 aliphatic carbocycles. The van der Waals surface area contributed by atoms with Crippen LogP contribution in [0.4, 0.5) is 5.69 Å². The standard InChI is InChI=1S/C19H16N4O3S/c1-2-13-5-3-6-14(11-13)21-17(25)12-20-16(24)8-9-18-22-19(23-26-18)15-7-4-10-27-15/h1,3-7,10-11H,8-9,12H2,(H,20,24)(H,21,25). The zero-order valence-corrected chi connectivity index (χ0v) is 15.1. The fraction of sp³-hybridized carbons (Fsp3) is 0.158. The number of anilines is 1. The number of amides is 2. The van der Waals surface area contributed by atoms with Crippen molar-refractivity contribution in [3.05, 3.63) is 53.2 Å². The van der Waals surface area contributed by atoms with Crippen LogP contribution in [0.25, 0.3) is 10.7 Å². The Morgan fingerprint density at radius 2 is 2.11 bits per heavy atom. The van der Waals surface area contributed by atoms with E-state index in [-0.39, 0.29) is 24.8 Å². The third-order valence-electron chi connectivity index (χ3n) is 3.53. The highest BCUT2D eigenvalue weighted by Gasteiger charge is 2.12. The van der Waals surface area contributed by atoms with Crippen LogP contribution in [0.5, 0.6) is 0 Å². The molecule has 0 saturated carbocycles. The Labute approximate surface area is 159 Å². The summed E-state index contributed by atoms with van der Waals surface area (Å²) in [7, 11) is 0. The van der Waals surface area contributed by atoms with E-state index in [1.54, 1.807) is 24.3 Å². The minimum absolute atomic E-state index is 0.136. The SMILES string of the molecule is C#Cc1cccc(NC(=O)CNC(=O)CCc2nc(-c3cccs3)no2)c1. The van der Waals surface area contributed by atoms with Crippen molar-refractivity contribution in [1.82, 2.24) is 15.5 Å². The van der Waals surface area contributed by atoms with Gasteiger partial charge in [0.2, 0.25) is 23.5 Å². The highest BCUT2D eigenvalue weighted by molar-refractivity contribution is 7.13. The summed E-state index contributed by atoms with van der Waals surface area (Å²) in [6.07, 6.45) is 5.77. The lowest BCUT2D eigenvalue weighted by Crippen LogP contribution is -2.33. The Morgan fingerprint density at radius 1 is 1.22 bits per heavy atom. The number of rotatable bonds is 7. The monoisotopic (exact) mass is 380 g/mol. The highest BCUT2D eigenvalue weighted by atomic mass is 32.1. The molecule has 0 fully saturated rings. The number of thiophene rings is 1. The maximum absolute atomic E-state index is 11.9. The summed E-state index contributed by atoms with van der Waals surface area (Å²) in [4.78, 5) is 29.0. The van der Waals surface area contributed by atoms with E-state index in [1.807, 2.05) is 17.5 Å². The van der Waals surface area contributed by atoms with Crippen LogP contribution in [0.15, 0.2) is 46.3 Å². The van der Waals surface area contributed by atoms with Crippen LogP contribution in [-0.2, 0) is 16.0 Å². The molecule has 0 radical (unpaired) electrons. The first kappa shape index (κ1) is 18.4. The molecule has 7 nitrogen and oxygen atoms in total. The quantitative estimate of drug-likeness (QED) is 0.614. The molecule has 2 heterocycles. The Balaban J connectivity index is 1.42. The third-order valence-corrected chi connectivity index (χ3v) is 4.40. The van der Waals surface area contributed by atoms with E-state index in [9.17, 15) is 9.59 Å². The normalized spacial score (nSPS) is 10.2. The first-order chi connectivity index (χ1) is 13.1. The van der Waals surface area contributed by atoms with E-state index >= 15 is 0 Å². The zero-order chi connectivity index (χ0) is 19.1. The number of benzene rings is 1. The Bertz CT molecular complexity index is 973. The third kappa shape index (κ3) is 5.26. The van der Waals surface area contributed by atoms with Gasteiger partial charge in [0.05, 0.1) is 11.4 Å². The van der Waals surface area contributed by atoms with Gasteiger partial charge in [0.25, 0.3) is 0 Å². The maximum Gasteiger partial charge on any atom is 0.243 e. The van der Waals surface area contributed by atoms with Crippen molar-refractivity contribution in [3.8, 4) is 23.0 Å². The summed E-state index contributed by atoms with van der Waals surface area (Å²) in [6, 6.07) is 10.7. The van der Waals surface area contributed by atoms with Crippen molar-refractivity contribution in [1.29, 1.82) is 0 Å². The first-order valence-corrected chi connectivity index (χ1v) is 9.01. The molecular formula is C19H16N4O3S. The van der Waals surface area contributed by atoms with Gasteiger partial charge in [0, 0.05) is 24.1 Å². The molecule has 0 aliphatic rings. The fourth-order valence-electron chi connectivity index (χ4n) is 2.24. The van der Waals surface area contributed by atoms with Gasteiger partial charge in [-0.2, -0.15) is 4.98 Å². The van der Waals surface area contributed by atoms with E-state index in [2.05, 4.69) is 26.7 Å². The molecule has 0 unspecified atom stereocenters. The summed E-state index contributed by atoms with van der Waals surface area (Å²) in [5.41, 5.74) is 1.25. The molecule has 3 rings (SSSR count). The fourth-order valence-corrected chi connectivity index (χ4v) is 2.89. The van der Waals surface area contributed by atoms with Gasteiger partial charge in [0.1, 0.15) is 0 Å². The minimum Gasteiger partial charge on any atom is -0.347 e. The number of terminal acetylenes is 1. The second kappa shape index (κ2) is 8.78. The number of nitrogens with one attached hydrogen (secondary N) is 2. The van der Waals surface area contributed by atoms with E-state index in [0.29, 0.717) is 29.4 Å². The van der Waals surface area contributed by atoms with Crippen molar-refractivity contribution < 1.29 is 14.1 Å². The maximum atomic E-state index is 11.9. The van der Waals surface area contributed by atoms with E-state index in [4.69, 9.17) is 10.9 Å². The van der Waals surface area contributed by atoms with Gasteiger partial charge < -0.3 is 15.2 Å². The molecule has 3 aromatic rings. The molecule has 8 heteroatoms. The van der Waals surface area contributed by atoms with Gasteiger partial charge in [-0.15, -0.1) is 17.8 Å². The van der Waals surface area contributed by atoms with E-state index in [0.717, 1.165) is 4.88 Å². The van der Waals surface area contributed by atoms with Crippen LogP contribution in [0, 0.1) is 12.3 Å². The second-order valence-electron chi connectivity index (χ2n) is 5.54. The molecule has 1 aromatic carbocycles. The lowest BCUT2D eigenvalue weighted by atomic mass is 10.2. The van der Waals surface area contributed by atoms with Crippen LogP contribution in [0.1, 0.15) is 17.9 Å². The summed E-state index contributed by atoms with van der Waals surface area (Å²) >= 11 is 1.51. The second-order valence-corrected chi connectivity index (χ2v) is 6.49. The van der Waals surface area contributed by atoms with E-state index in [1.165, 1.54) is 11.3 Å². The molecule has 27 heavy (non-hydrogen) atoms. The van der Waals surface area contributed by atoms with Crippen LogP contribution in [0.2, 0.25) is 0 Å². The molecule has 2 aromatic heterocycles. The predicted molar refractivity (Wildman–Crippen MR) is 102 cm³/mol. The summed E-state index contributed by atoms with van der Waals surface area (Å²) < 4.78 is 5.14. The summed E-state index contributed by atoms with van der Waals surface area (Å²) in [5, 5.41) is 11.0. The van der Waals surface area contributed by atoms with Gasteiger partial charge >= 0.3 is 0 Å².